The van der Waals surface area contributed by atoms with E-state index < -0.39 is 0 Å². The lowest BCUT2D eigenvalue weighted by molar-refractivity contribution is 0.452. The molecule has 1 aromatic carbocycles. The SMILES string of the molecule is Brc1ccc(Br)c(Oc2cc[c]nn2)c1. The highest BCUT2D eigenvalue weighted by Gasteiger charge is 2.04. The smallest absolute Gasteiger partial charge is 0.238 e. The summed E-state index contributed by atoms with van der Waals surface area (Å²) < 4.78 is 7.32. The van der Waals surface area contributed by atoms with Crippen LogP contribution in [-0.4, -0.2) is 10.2 Å². The molecular formula is C10H5Br2N2O. The quantitative estimate of drug-likeness (QED) is 0.845. The first-order valence-electron chi connectivity index (χ1n) is 4.08. The average molecular weight is 329 g/mol. The van der Waals surface area contributed by atoms with E-state index in [-0.39, 0.29) is 0 Å². The number of aromatic nitrogens is 2. The summed E-state index contributed by atoms with van der Waals surface area (Å²) in [6, 6.07) is 9.00. The van der Waals surface area contributed by atoms with E-state index >= 15 is 0 Å². The molecule has 2 aromatic rings. The summed E-state index contributed by atoms with van der Waals surface area (Å²) in [4.78, 5) is 0. The van der Waals surface area contributed by atoms with Crippen molar-refractivity contribution in [1.82, 2.24) is 10.2 Å². The zero-order valence-corrected chi connectivity index (χ0v) is 10.6. The highest BCUT2D eigenvalue weighted by atomic mass is 79.9. The number of hydrogen-bond donors (Lipinski definition) is 0. The van der Waals surface area contributed by atoms with Gasteiger partial charge in [-0.2, -0.15) is 0 Å². The zero-order valence-electron chi connectivity index (χ0n) is 7.45. The molecule has 15 heavy (non-hydrogen) atoms. The number of hydrogen-bond acceptors (Lipinski definition) is 3. The second-order valence-electron chi connectivity index (χ2n) is 2.68. The van der Waals surface area contributed by atoms with Gasteiger partial charge in [-0.15, -0.1) is 10.2 Å². The minimum absolute atomic E-state index is 0.438. The molecule has 1 heterocycles. The van der Waals surface area contributed by atoms with E-state index in [1.54, 1.807) is 12.1 Å². The van der Waals surface area contributed by atoms with Crippen molar-refractivity contribution in [2.45, 2.75) is 0 Å². The number of ether oxygens (including phenoxy) is 1. The topological polar surface area (TPSA) is 35.0 Å². The van der Waals surface area contributed by atoms with Gasteiger partial charge in [-0.25, -0.2) is 0 Å². The Bertz CT molecular complexity index is 462. The van der Waals surface area contributed by atoms with Gasteiger partial charge in [0.2, 0.25) is 5.88 Å². The van der Waals surface area contributed by atoms with Gasteiger partial charge in [0.15, 0.2) is 0 Å². The molecule has 0 atom stereocenters. The van der Waals surface area contributed by atoms with E-state index in [2.05, 4.69) is 48.3 Å². The van der Waals surface area contributed by atoms with E-state index in [0.29, 0.717) is 11.6 Å². The maximum absolute atomic E-state index is 5.52. The predicted octanol–water partition coefficient (Wildman–Crippen LogP) is 3.59. The molecular weight excluding hydrogens is 324 g/mol. The molecule has 0 unspecified atom stereocenters. The van der Waals surface area contributed by atoms with Gasteiger partial charge in [-0.3, -0.25) is 0 Å². The highest BCUT2D eigenvalue weighted by Crippen LogP contribution is 2.31. The molecule has 1 radical (unpaired) electrons. The third-order valence-corrected chi connectivity index (χ3v) is 2.76. The Morgan fingerprint density at radius 2 is 2.07 bits per heavy atom. The van der Waals surface area contributed by atoms with E-state index in [4.69, 9.17) is 4.74 Å². The molecule has 0 bridgehead atoms. The Hall–Kier alpha value is -0.940. The van der Waals surface area contributed by atoms with Gasteiger partial charge in [-0.1, -0.05) is 15.9 Å². The molecule has 0 amide bonds. The Morgan fingerprint density at radius 1 is 1.20 bits per heavy atom. The van der Waals surface area contributed by atoms with Crippen molar-refractivity contribution in [3.63, 3.8) is 0 Å². The van der Waals surface area contributed by atoms with Crippen molar-refractivity contribution in [3.8, 4) is 11.6 Å². The van der Waals surface area contributed by atoms with Gasteiger partial charge in [0, 0.05) is 10.5 Å². The van der Waals surface area contributed by atoms with E-state index in [1.807, 2.05) is 18.2 Å². The van der Waals surface area contributed by atoms with Gasteiger partial charge >= 0.3 is 0 Å². The van der Waals surface area contributed by atoms with Crippen molar-refractivity contribution < 1.29 is 4.74 Å². The van der Waals surface area contributed by atoms with Gasteiger partial charge < -0.3 is 4.74 Å². The standard InChI is InChI=1S/C10H5Br2N2O/c11-7-3-4-8(12)9(6-7)15-10-2-1-5-13-14-10/h1-4,6H. The second-order valence-corrected chi connectivity index (χ2v) is 4.45. The Morgan fingerprint density at radius 3 is 2.80 bits per heavy atom. The first kappa shape index (κ1) is 10.6. The first-order chi connectivity index (χ1) is 7.25. The molecule has 0 saturated heterocycles. The second kappa shape index (κ2) is 4.72. The van der Waals surface area contributed by atoms with Crippen LogP contribution in [0, 0.1) is 6.20 Å². The van der Waals surface area contributed by atoms with Crippen LogP contribution >= 0.6 is 31.9 Å². The van der Waals surface area contributed by atoms with Crippen LogP contribution in [0.2, 0.25) is 0 Å². The van der Waals surface area contributed by atoms with Crippen LogP contribution in [0.4, 0.5) is 0 Å². The lowest BCUT2D eigenvalue weighted by atomic mass is 10.3. The van der Waals surface area contributed by atoms with Crippen LogP contribution < -0.4 is 4.74 Å². The van der Waals surface area contributed by atoms with Crippen LogP contribution in [-0.2, 0) is 0 Å². The molecule has 75 valence electrons. The van der Waals surface area contributed by atoms with Crippen molar-refractivity contribution in [3.05, 3.63) is 45.5 Å². The normalized spacial score (nSPS) is 10.0. The molecule has 0 aliphatic carbocycles. The van der Waals surface area contributed by atoms with Crippen molar-refractivity contribution >= 4 is 31.9 Å². The summed E-state index contributed by atoms with van der Waals surface area (Å²) in [5, 5.41) is 7.39. The van der Waals surface area contributed by atoms with Gasteiger partial charge in [-0.05, 0) is 40.2 Å². The highest BCUT2D eigenvalue weighted by molar-refractivity contribution is 9.11. The van der Waals surface area contributed by atoms with Crippen LogP contribution in [0.1, 0.15) is 0 Å². The number of benzene rings is 1. The van der Waals surface area contributed by atoms with E-state index in [1.165, 1.54) is 0 Å². The summed E-state index contributed by atoms with van der Waals surface area (Å²) in [7, 11) is 0. The largest absolute Gasteiger partial charge is 0.436 e. The molecule has 0 fully saturated rings. The van der Waals surface area contributed by atoms with Crippen LogP contribution in [0.25, 0.3) is 0 Å². The first-order valence-corrected chi connectivity index (χ1v) is 5.67. The summed E-state index contributed by atoms with van der Waals surface area (Å²) in [6.07, 6.45) is 2.58. The Kier molecular flexibility index (Phi) is 3.33. The maximum atomic E-state index is 5.52. The maximum Gasteiger partial charge on any atom is 0.238 e. The number of nitrogens with zero attached hydrogens (tertiary/aromatic N) is 2. The molecule has 0 saturated carbocycles. The lowest BCUT2D eigenvalue weighted by Gasteiger charge is -2.05. The molecule has 1 aromatic heterocycles. The zero-order chi connectivity index (χ0) is 10.7. The van der Waals surface area contributed by atoms with Crippen LogP contribution in [0.5, 0.6) is 11.6 Å². The molecule has 5 heteroatoms. The van der Waals surface area contributed by atoms with Gasteiger partial charge in [0.05, 0.1) is 4.47 Å². The molecule has 0 N–H and O–H groups in total. The fourth-order valence-corrected chi connectivity index (χ4v) is 1.64. The monoisotopic (exact) mass is 327 g/mol. The summed E-state index contributed by atoms with van der Waals surface area (Å²) in [5.74, 6) is 1.12. The van der Waals surface area contributed by atoms with Gasteiger partial charge in [0.25, 0.3) is 0 Å². The third kappa shape index (κ3) is 2.76. The third-order valence-electron chi connectivity index (χ3n) is 1.61. The van der Waals surface area contributed by atoms with Crippen molar-refractivity contribution in [1.29, 1.82) is 0 Å². The molecule has 3 nitrogen and oxygen atoms in total. The number of halogens is 2. The molecule has 0 aliphatic heterocycles. The van der Waals surface area contributed by atoms with Crippen molar-refractivity contribution in [2.24, 2.45) is 0 Å². The van der Waals surface area contributed by atoms with Crippen molar-refractivity contribution in [2.75, 3.05) is 0 Å². The fraction of sp³-hybridized carbons (Fsp3) is 0. The van der Waals surface area contributed by atoms with E-state index in [9.17, 15) is 0 Å². The summed E-state index contributed by atoms with van der Waals surface area (Å²) in [6.45, 7) is 0. The Balaban J connectivity index is 2.28. The molecule has 2 rings (SSSR count). The summed E-state index contributed by atoms with van der Waals surface area (Å²) >= 11 is 6.75. The molecule has 0 spiro atoms. The average Bonchev–Trinajstić information content (AvgIpc) is 2.25. The Labute approximate surface area is 104 Å². The molecule has 0 aliphatic rings. The minimum atomic E-state index is 0.438. The fourth-order valence-electron chi connectivity index (χ4n) is 0.976. The van der Waals surface area contributed by atoms with Crippen LogP contribution in [0.3, 0.4) is 0 Å². The van der Waals surface area contributed by atoms with E-state index in [0.717, 1.165) is 8.95 Å². The minimum Gasteiger partial charge on any atom is -0.436 e. The summed E-state index contributed by atoms with van der Waals surface area (Å²) in [5.41, 5.74) is 0. The number of rotatable bonds is 2. The predicted molar refractivity (Wildman–Crippen MR) is 62.8 cm³/mol. The van der Waals surface area contributed by atoms with Crippen LogP contribution in [0.15, 0.2) is 39.3 Å². The lowest BCUT2D eigenvalue weighted by Crippen LogP contribution is -1.90. The van der Waals surface area contributed by atoms with Gasteiger partial charge in [0.1, 0.15) is 11.9 Å².